The van der Waals surface area contributed by atoms with Crippen molar-refractivity contribution in [3.8, 4) is 5.75 Å². The molecule has 0 N–H and O–H groups in total. The van der Waals surface area contributed by atoms with Crippen LogP contribution in [0.5, 0.6) is 5.75 Å². The van der Waals surface area contributed by atoms with E-state index in [1.54, 1.807) is 6.92 Å². The molecule has 4 heteroatoms. The summed E-state index contributed by atoms with van der Waals surface area (Å²) < 4.78 is 18.3. The van der Waals surface area contributed by atoms with E-state index in [1.165, 1.54) is 18.2 Å². The summed E-state index contributed by atoms with van der Waals surface area (Å²) in [4.78, 5) is 11.6. The zero-order valence-electron chi connectivity index (χ0n) is 9.13. The van der Waals surface area contributed by atoms with Crippen molar-refractivity contribution in [3.63, 3.8) is 0 Å². The molecule has 0 spiro atoms. The Morgan fingerprint density at radius 1 is 1.50 bits per heavy atom. The van der Waals surface area contributed by atoms with Gasteiger partial charge in [0.1, 0.15) is 0 Å². The second-order valence-electron chi connectivity index (χ2n) is 3.29. The number of Topliss-reactive ketones (excluding diaryl/α,β-unsaturated/α-hetero) is 1. The molecule has 0 aliphatic rings. The maximum Gasteiger partial charge on any atom is 0.165 e. The Morgan fingerprint density at radius 3 is 2.88 bits per heavy atom. The highest BCUT2D eigenvalue weighted by Crippen LogP contribution is 2.20. The van der Waals surface area contributed by atoms with Gasteiger partial charge in [-0.3, -0.25) is 4.79 Å². The number of hydrogen-bond acceptors (Lipinski definition) is 2. The second-order valence-corrected chi connectivity index (χ2v) is 3.67. The molecule has 1 aromatic carbocycles. The SMILES string of the molecule is CCOc1cc(C(=O)CCCCl)ccc1F. The van der Waals surface area contributed by atoms with Crippen molar-refractivity contribution in [3.05, 3.63) is 29.6 Å². The monoisotopic (exact) mass is 244 g/mol. The number of rotatable bonds is 6. The summed E-state index contributed by atoms with van der Waals surface area (Å²) in [5.41, 5.74) is 0.468. The molecule has 0 fully saturated rings. The Hall–Kier alpha value is -1.09. The fourth-order valence-electron chi connectivity index (χ4n) is 1.31. The third kappa shape index (κ3) is 3.49. The van der Waals surface area contributed by atoms with Crippen molar-refractivity contribution >= 4 is 17.4 Å². The van der Waals surface area contributed by atoms with E-state index in [2.05, 4.69) is 0 Å². The van der Waals surface area contributed by atoms with E-state index in [1.807, 2.05) is 0 Å². The van der Waals surface area contributed by atoms with Gasteiger partial charge in [0.25, 0.3) is 0 Å². The lowest BCUT2D eigenvalue weighted by Gasteiger charge is -2.06. The largest absolute Gasteiger partial charge is 0.491 e. The minimum atomic E-state index is -0.448. The van der Waals surface area contributed by atoms with Crippen molar-refractivity contribution in [2.45, 2.75) is 19.8 Å². The van der Waals surface area contributed by atoms with E-state index in [0.717, 1.165) is 0 Å². The zero-order chi connectivity index (χ0) is 12.0. The molecule has 0 unspecified atom stereocenters. The second kappa shape index (κ2) is 6.48. The highest BCUT2D eigenvalue weighted by atomic mass is 35.5. The predicted octanol–water partition coefficient (Wildman–Crippen LogP) is 3.43. The van der Waals surface area contributed by atoms with Crippen LogP contribution in [0.25, 0.3) is 0 Å². The Kier molecular flexibility index (Phi) is 5.26. The third-order valence-electron chi connectivity index (χ3n) is 2.09. The average Bonchev–Trinajstić information content (AvgIpc) is 2.29. The number of ether oxygens (including phenoxy) is 1. The standard InChI is InChI=1S/C12H14ClFO2/c1-2-16-12-8-9(5-6-10(12)14)11(15)4-3-7-13/h5-6,8H,2-4,7H2,1H3. The van der Waals surface area contributed by atoms with Gasteiger partial charge in [0.05, 0.1) is 6.61 Å². The fraction of sp³-hybridized carbons (Fsp3) is 0.417. The summed E-state index contributed by atoms with van der Waals surface area (Å²) >= 11 is 5.50. The van der Waals surface area contributed by atoms with Gasteiger partial charge < -0.3 is 4.74 Å². The van der Waals surface area contributed by atoms with Gasteiger partial charge >= 0.3 is 0 Å². The number of hydrogen-bond donors (Lipinski definition) is 0. The van der Waals surface area contributed by atoms with Crippen molar-refractivity contribution < 1.29 is 13.9 Å². The first-order chi connectivity index (χ1) is 7.69. The smallest absolute Gasteiger partial charge is 0.165 e. The predicted molar refractivity (Wildman–Crippen MR) is 61.9 cm³/mol. The van der Waals surface area contributed by atoms with Gasteiger partial charge in [0.2, 0.25) is 0 Å². The molecule has 88 valence electrons. The van der Waals surface area contributed by atoms with Gasteiger partial charge in [0.15, 0.2) is 17.3 Å². The number of halogens is 2. The molecule has 0 saturated carbocycles. The van der Waals surface area contributed by atoms with Crippen LogP contribution in [0.4, 0.5) is 4.39 Å². The summed E-state index contributed by atoms with van der Waals surface area (Å²) in [5.74, 6) is 0.0854. The van der Waals surface area contributed by atoms with Crippen LogP contribution in [0.3, 0.4) is 0 Å². The van der Waals surface area contributed by atoms with Crippen LogP contribution in [0, 0.1) is 5.82 Å². The Balaban J connectivity index is 2.81. The van der Waals surface area contributed by atoms with Crippen LogP contribution in [0.2, 0.25) is 0 Å². The third-order valence-corrected chi connectivity index (χ3v) is 2.36. The van der Waals surface area contributed by atoms with Crippen LogP contribution >= 0.6 is 11.6 Å². The van der Waals surface area contributed by atoms with Gasteiger partial charge in [-0.2, -0.15) is 0 Å². The summed E-state index contributed by atoms with van der Waals surface area (Å²) in [7, 11) is 0. The number of benzene rings is 1. The van der Waals surface area contributed by atoms with E-state index >= 15 is 0 Å². The molecule has 0 radical (unpaired) electrons. The van der Waals surface area contributed by atoms with Gasteiger partial charge in [-0.15, -0.1) is 11.6 Å². The van der Waals surface area contributed by atoms with Crippen LogP contribution in [-0.4, -0.2) is 18.3 Å². The molecule has 0 aliphatic heterocycles. The summed E-state index contributed by atoms with van der Waals surface area (Å²) in [5, 5.41) is 0. The number of carbonyl (C=O) groups excluding carboxylic acids is 1. The highest BCUT2D eigenvalue weighted by Gasteiger charge is 2.10. The number of alkyl halides is 1. The zero-order valence-corrected chi connectivity index (χ0v) is 9.89. The Labute approximate surface area is 99.4 Å². The van der Waals surface area contributed by atoms with Crippen molar-refractivity contribution in [2.24, 2.45) is 0 Å². The average molecular weight is 245 g/mol. The lowest BCUT2D eigenvalue weighted by molar-refractivity contribution is 0.0981. The minimum absolute atomic E-state index is 0.0402. The molecule has 0 amide bonds. The van der Waals surface area contributed by atoms with Gasteiger partial charge in [0, 0.05) is 17.9 Å². The van der Waals surface area contributed by atoms with E-state index in [0.29, 0.717) is 30.9 Å². The number of carbonyl (C=O) groups is 1. The van der Waals surface area contributed by atoms with E-state index < -0.39 is 5.82 Å². The van der Waals surface area contributed by atoms with Gasteiger partial charge in [-0.25, -0.2) is 4.39 Å². The minimum Gasteiger partial charge on any atom is -0.491 e. The normalized spacial score (nSPS) is 10.2. The molecule has 0 bridgehead atoms. The van der Waals surface area contributed by atoms with Gasteiger partial charge in [-0.1, -0.05) is 0 Å². The molecule has 0 atom stereocenters. The van der Waals surface area contributed by atoms with E-state index in [-0.39, 0.29) is 11.5 Å². The molecule has 0 heterocycles. The molecule has 16 heavy (non-hydrogen) atoms. The molecule has 1 rings (SSSR count). The molecule has 2 nitrogen and oxygen atoms in total. The quantitative estimate of drug-likeness (QED) is 0.566. The first-order valence-electron chi connectivity index (χ1n) is 5.20. The topological polar surface area (TPSA) is 26.3 Å². The molecule has 1 aromatic rings. The molecular weight excluding hydrogens is 231 g/mol. The first kappa shape index (κ1) is 13.0. The Bertz CT molecular complexity index is 366. The summed E-state index contributed by atoms with van der Waals surface area (Å²) in [6.07, 6.45) is 1.00. The Morgan fingerprint density at radius 2 is 2.25 bits per heavy atom. The van der Waals surface area contributed by atoms with Crippen LogP contribution in [-0.2, 0) is 0 Å². The van der Waals surface area contributed by atoms with Crippen LogP contribution in [0.15, 0.2) is 18.2 Å². The van der Waals surface area contributed by atoms with Crippen molar-refractivity contribution in [1.29, 1.82) is 0 Å². The lowest BCUT2D eigenvalue weighted by Crippen LogP contribution is -2.02. The molecule has 0 saturated heterocycles. The number of ketones is 1. The first-order valence-corrected chi connectivity index (χ1v) is 5.74. The summed E-state index contributed by atoms with van der Waals surface area (Å²) in [6.45, 7) is 2.14. The van der Waals surface area contributed by atoms with Crippen LogP contribution < -0.4 is 4.74 Å². The van der Waals surface area contributed by atoms with Gasteiger partial charge in [-0.05, 0) is 31.5 Å². The van der Waals surface area contributed by atoms with Crippen molar-refractivity contribution in [2.75, 3.05) is 12.5 Å². The van der Waals surface area contributed by atoms with Crippen LogP contribution in [0.1, 0.15) is 30.1 Å². The van der Waals surface area contributed by atoms with E-state index in [4.69, 9.17) is 16.3 Å². The molecule has 0 aromatic heterocycles. The highest BCUT2D eigenvalue weighted by molar-refractivity contribution is 6.18. The molecule has 0 aliphatic carbocycles. The summed E-state index contributed by atoms with van der Waals surface area (Å²) in [6, 6.07) is 4.16. The maximum atomic E-state index is 13.2. The maximum absolute atomic E-state index is 13.2. The molecular formula is C12H14ClFO2. The van der Waals surface area contributed by atoms with Crippen molar-refractivity contribution in [1.82, 2.24) is 0 Å². The van der Waals surface area contributed by atoms with E-state index in [9.17, 15) is 9.18 Å². The fourth-order valence-corrected chi connectivity index (χ4v) is 1.45. The lowest BCUT2D eigenvalue weighted by atomic mass is 10.1.